The molecule has 1 aromatic heterocycles. The Morgan fingerprint density at radius 2 is 1.45 bits per heavy atom. The molecule has 2 amide bonds. The van der Waals surface area contributed by atoms with Gasteiger partial charge in [0.25, 0.3) is 11.8 Å². The Morgan fingerprint density at radius 1 is 0.848 bits per heavy atom. The normalized spacial score (nSPS) is 15.0. The van der Waals surface area contributed by atoms with Crippen molar-refractivity contribution in [2.24, 2.45) is 0 Å². The highest BCUT2D eigenvalue weighted by Gasteiger charge is 2.36. The fraction of sp³-hybridized carbons (Fsp3) is 0.192. The molecule has 1 aliphatic rings. The lowest BCUT2D eigenvalue weighted by Crippen LogP contribution is -2.38. The molecule has 7 heteroatoms. The van der Waals surface area contributed by atoms with Crippen LogP contribution in [0.5, 0.6) is 5.75 Å². The number of ether oxygens (including phenoxy) is 1. The van der Waals surface area contributed by atoms with Gasteiger partial charge in [-0.15, -0.1) is 0 Å². The number of nitrogens with zero attached hydrogens (tertiary/aromatic N) is 3. The van der Waals surface area contributed by atoms with Gasteiger partial charge in [0, 0.05) is 0 Å². The van der Waals surface area contributed by atoms with Crippen LogP contribution in [0.1, 0.15) is 39.6 Å². The van der Waals surface area contributed by atoms with Crippen LogP contribution < -0.4 is 4.74 Å². The lowest BCUT2D eigenvalue weighted by Gasteiger charge is -2.22. The van der Waals surface area contributed by atoms with Crippen molar-refractivity contribution in [2.45, 2.75) is 25.7 Å². The molecule has 3 aromatic carbocycles. The minimum atomic E-state index is -0.979. The summed E-state index contributed by atoms with van der Waals surface area (Å²) >= 11 is 0. The number of fused-ring (bicyclic) bond motifs is 2. The monoisotopic (exact) mass is 441 g/mol. The number of benzene rings is 3. The van der Waals surface area contributed by atoms with Crippen LogP contribution in [0.2, 0.25) is 0 Å². The molecule has 0 aliphatic carbocycles. The minimum Gasteiger partial charge on any atom is -0.483 e. The molecule has 0 saturated carbocycles. The third-order valence-electron chi connectivity index (χ3n) is 5.77. The third kappa shape index (κ3) is 3.87. The Balaban J connectivity index is 1.40. The number of imide groups is 1. The van der Waals surface area contributed by atoms with E-state index in [9.17, 15) is 14.7 Å². The molecule has 33 heavy (non-hydrogen) atoms. The van der Waals surface area contributed by atoms with Crippen LogP contribution >= 0.6 is 0 Å². The maximum absolute atomic E-state index is 12.7. The fourth-order valence-corrected chi connectivity index (χ4v) is 4.24. The quantitative estimate of drug-likeness (QED) is 0.441. The van der Waals surface area contributed by atoms with Gasteiger partial charge < -0.3 is 14.4 Å². The van der Waals surface area contributed by atoms with Crippen LogP contribution in [0.25, 0.3) is 11.0 Å². The maximum Gasteiger partial charge on any atom is 0.261 e. The highest BCUT2D eigenvalue weighted by molar-refractivity contribution is 6.21. The number of hydrogen-bond donors (Lipinski definition) is 1. The summed E-state index contributed by atoms with van der Waals surface area (Å²) in [4.78, 5) is 31.2. The molecule has 0 saturated heterocycles. The van der Waals surface area contributed by atoms with E-state index < -0.39 is 6.10 Å². The van der Waals surface area contributed by atoms with Gasteiger partial charge in [-0.2, -0.15) is 0 Å². The standard InChI is InChI=1S/C26H23N3O4/c1-17(33-19-9-3-2-4-10-19)24-27-22-13-7-8-14-23(22)28(24)15-18(30)16-29-25(31)20-11-5-6-12-21(20)26(29)32/h2-14,17-18,30H,15-16H2,1H3/t17-,18+/m0/s1. The highest BCUT2D eigenvalue weighted by Crippen LogP contribution is 2.27. The Kier molecular flexibility index (Phi) is 5.40. The van der Waals surface area contributed by atoms with Gasteiger partial charge in [-0.25, -0.2) is 4.98 Å². The molecule has 2 heterocycles. The smallest absolute Gasteiger partial charge is 0.261 e. The first-order valence-corrected chi connectivity index (χ1v) is 10.8. The second kappa shape index (κ2) is 8.52. The van der Waals surface area contributed by atoms with Gasteiger partial charge in [-0.1, -0.05) is 42.5 Å². The molecule has 1 aliphatic heterocycles. The number of para-hydroxylation sites is 3. The first-order chi connectivity index (χ1) is 16.0. The molecule has 2 atom stereocenters. The zero-order valence-electron chi connectivity index (χ0n) is 18.1. The van der Waals surface area contributed by atoms with Crippen molar-refractivity contribution < 1.29 is 19.4 Å². The Morgan fingerprint density at radius 3 is 2.15 bits per heavy atom. The van der Waals surface area contributed by atoms with Gasteiger partial charge in [0.1, 0.15) is 5.75 Å². The predicted molar refractivity (Wildman–Crippen MR) is 123 cm³/mol. The second-order valence-corrected chi connectivity index (χ2v) is 8.06. The number of β-amino-alcohol motifs (C(OH)–C–C–N with tert-alkyl or cyclic N) is 1. The Bertz CT molecular complexity index is 1300. The molecular weight excluding hydrogens is 418 g/mol. The summed E-state index contributed by atoms with van der Waals surface area (Å²) in [5.74, 6) is 0.605. The van der Waals surface area contributed by atoms with E-state index in [0.29, 0.717) is 17.0 Å². The average Bonchev–Trinajstić information content (AvgIpc) is 3.31. The lowest BCUT2D eigenvalue weighted by atomic mass is 10.1. The average molecular weight is 441 g/mol. The molecule has 4 aromatic rings. The van der Waals surface area contributed by atoms with Crippen LogP contribution in [0.4, 0.5) is 0 Å². The summed E-state index contributed by atoms with van der Waals surface area (Å²) < 4.78 is 7.97. The zero-order valence-corrected chi connectivity index (χ0v) is 18.1. The van der Waals surface area contributed by atoms with E-state index in [1.54, 1.807) is 24.3 Å². The van der Waals surface area contributed by atoms with E-state index in [1.807, 2.05) is 66.1 Å². The number of aliphatic hydroxyl groups is 1. The zero-order chi connectivity index (χ0) is 22.9. The van der Waals surface area contributed by atoms with Crippen molar-refractivity contribution in [1.29, 1.82) is 0 Å². The van der Waals surface area contributed by atoms with Crippen molar-refractivity contribution in [3.05, 3.63) is 95.8 Å². The molecular formula is C26H23N3O4. The van der Waals surface area contributed by atoms with Gasteiger partial charge in [0.05, 0.1) is 41.4 Å². The Labute approximate surface area is 190 Å². The first-order valence-electron chi connectivity index (χ1n) is 10.8. The molecule has 166 valence electrons. The van der Waals surface area contributed by atoms with Crippen LogP contribution in [0.15, 0.2) is 78.9 Å². The van der Waals surface area contributed by atoms with Gasteiger partial charge in [0.15, 0.2) is 11.9 Å². The summed E-state index contributed by atoms with van der Waals surface area (Å²) in [7, 11) is 0. The SMILES string of the molecule is C[C@H](Oc1ccccc1)c1nc2ccccc2n1C[C@@H](O)CN1C(=O)c2ccccc2C1=O. The van der Waals surface area contributed by atoms with E-state index in [1.165, 1.54) is 0 Å². The van der Waals surface area contributed by atoms with E-state index >= 15 is 0 Å². The van der Waals surface area contributed by atoms with Gasteiger partial charge in [-0.05, 0) is 43.3 Å². The molecule has 1 N–H and O–H groups in total. The fourth-order valence-electron chi connectivity index (χ4n) is 4.24. The van der Waals surface area contributed by atoms with E-state index in [0.717, 1.165) is 21.7 Å². The van der Waals surface area contributed by atoms with Gasteiger partial charge >= 0.3 is 0 Å². The molecule has 0 radical (unpaired) electrons. The number of hydrogen-bond acceptors (Lipinski definition) is 5. The van der Waals surface area contributed by atoms with Gasteiger partial charge in [0.2, 0.25) is 0 Å². The summed E-state index contributed by atoms with van der Waals surface area (Å²) in [6, 6.07) is 23.8. The van der Waals surface area contributed by atoms with Crippen molar-refractivity contribution in [2.75, 3.05) is 6.54 Å². The Hall–Kier alpha value is -3.97. The molecule has 0 bridgehead atoms. The topological polar surface area (TPSA) is 84.7 Å². The van der Waals surface area contributed by atoms with Crippen LogP contribution in [-0.2, 0) is 6.54 Å². The van der Waals surface area contributed by atoms with E-state index in [-0.39, 0.29) is 31.0 Å². The molecule has 7 nitrogen and oxygen atoms in total. The number of carbonyl (C=O) groups is 2. The second-order valence-electron chi connectivity index (χ2n) is 8.06. The van der Waals surface area contributed by atoms with Crippen molar-refractivity contribution >= 4 is 22.8 Å². The van der Waals surface area contributed by atoms with Crippen molar-refractivity contribution in [1.82, 2.24) is 14.5 Å². The number of carbonyl (C=O) groups excluding carboxylic acids is 2. The lowest BCUT2D eigenvalue weighted by molar-refractivity contribution is 0.0518. The summed E-state index contributed by atoms with van der Waals surface area (Å²) in [6.07, 6.45) is -1.36. The predicted octanol–water partition coefficient (Wildman–Crippen LogP) is 3.83. The summed E-state index contributed by atoms with van der Waals surface area (Å²) in [5.41, 5.74) is 2.36. The largest absolute Gasteiger partial charge is 0.483 e. The van der Waals surface area contributed by atoms with Crippen molar-refractivity contribution in [3.8, 4) is 5.75 Å². The van der Waals surface area contributed by atoms with E-state index in [2.05, 4.69) is 0 Å². The molecule has 0 spiro atoms. The van der Waals surface area contributed by atoms with Crippen LogP contribution in [-0.4, -0.2) is 44.0 Å². The number of aromatic nitrogens is 2. The first kappa shape index (κ1) is 20.9. The van der Waals surface area contributed by atoms with Gasteiger partial charge in [-0.3, -0.25) is 14.5 Å². The number of amides is 2. The highest BCUT2D eigenvalue weighted by atomic mass is 16.5. The number of aliphatic hydroxyl groups excluding tert-OH is 1. The van der Waals surface area contributed by atoms with Crippen LogP contribution in [0, 0.1) is 0 Å². The maximum atomic E-state index is 12.7. The molecule has 5 rings (SSSR count). The molecule has 0 fully saturated rings. The van der Waals surface area contributed by atoms with E-state index in [4.69, 9.17) is 9.72 Å². The number of imidazole rings is 1. The number of rotatable bonds is 7. The van der Waals surface area contributed by atoms with Crippen molar-refractivity contribution in [3.63, 3.8) is 0 Å². The minimum absolute atomic E-state index is 0.105. The van der Waals surface area contributed by atoms with Crippen LogP contribution in [0.3, 0.4) is 0 Å². The summed E-state index contributed by atoms with van der Waals surface area (Å²) in [5, 5.41) is 10.9. The molecule has 0 unspecified atom stereocenters. The summed E-state index contributed by atoms with van der Waals surface area (Å²) in [6.45, 7) is 1.96. The third-order valence-corrected chi connectivity index (χ3v) is 5.77.